The number of barbiturate groups is 1. The highest BCUT2D eigenvalue weighted by molar-refractivity contribution is 6.25. The van der Waals surface area contributed by atoms with Crippen LogP contribution in [0, 0.1) is 5.41 Å². The average molecular weight is 439 g/mol. The standard InChI is InChI=1S/C22H21N3O7/c1-23-19(28)22(20(29)24(2)21(23)30)9-13-7-12(8-14-16(26)10-32-18(14)27)3-4-15(13)25-5-6-31-11-17(22)25/h3-4,7-8,17H,5-6,9-11H2,1-2H3/b14-8-/t17-/m1/s1. The number of carbonyl (C=O) groups excluding carboxylic acids is 5. The number of ether oxygens (including phenoxy) is 2. The molecule has 4 heterocycles. The molecule has 4 aliphatic rings. The van der Waals surface area contributed by atoms with E-state index in [1.54, 1.807) is 12.1 Å². The fourth-order valence-corrected chi connectivity index (χ4v) is 5.07. The summed E-state index contributed by atoms with van der Waals surface area (Å²) in [5, 5.41) is 0. The number of morpholine rings is 1. The minimum Gasteiger partial charge on any atom is -0.454 e. The highest BCUT2D eigenvalue weighted by Crippen LogP contribution is 2.46. The highest BCUT2D eigenvalue weighted by Gasteiger charge is 2.63. The number of benzene rings is 1. The van der Waals surface area contributed by atoms with Gasteiger partial charge in [0, 0.05) is 26.3 Å². The number of rotatable bonds is 1. The molecule has 0 unspecified atom stereocenters. The molecule has 4 aliphatic heterocycles. The molecule has 0 aromatic heterocycles. The molecule has 3 fully saturated rings. The zero-order chi connectivity index (χ0) is 22.8. The first kappa shape index (κ1) is 20.4. The van der Waals surface area contributed by atoms with Crippen molar-refractivity contribution in [1.29, 1.82) is 0 Å². The lowest BCUT2D eigenvalue weighted by atomic mass is 9.68. The maximum Gasteiger partial charge on any atom is 0.342 e. The number of carbonyl (C=O) groups is 5. The van der Waals surface area contributed by atoms with Gasteiger partial charge in [0.05, 0.1) is 19.3 Å². The van der Waals surface area contributed by atoms with Crippen LogP contribution in [-0.4, -0.2) is 85.9 Å². The van der Waals surface area contributed by atoms with Crippen LogP contribution >= 0.6 is 0 Å². The van der Waals surface area contributed by atoms with E-state index in [0.717, 1.165) is 15.5 Å². The van der Waals surface area contributed by atoms with Crippen LogP contribution in [-0.2, 0) is 35.1 Å². The summed E-state index contributed by atoms with van der Waals surface area (Å²) < 4.78 is 10.4. The van der Waals surface area contributed by atoms with Crippen molar-refractivity contribution in [3.63, 3.8) is 0 Å². The first-order valence-corrected chi connectivity index (χ1v) is 10.3. The quantitative estimate of drug-likeness (QED) is 0.260. The Hall–Kier alpha value is -3.53. The van der Waals surface area contributed by atoms with E-state index in [4.69, 9.17) is 9.47 Å². The molecular weight excluding hydrogens is 418 g/mol. The summed E-state index contributed by atoms with van der Waals surface area (Å²) in [6.45, 7) is 0.820. The fourth-order valence-electron chi connectivity index (χ4n) is 5.07. The normalized spacial score (nSPS) is 26.1. The molecule has 10 heteroatoms. The van der Waals surface area contributed by atoms with Gasteiger partial charge in [0.1, 0.15) is 5.57 Å². The van der Waals surface area contributed by atoms with E-state index in [1.807, 2.05) is 11.0 Å². The number of Topliss-reactive ketones (excluding diaryl/α,β-unsaturated/α-hetero) is 1. The summed E-state index contributed by atoms with van der Waals surface area (Å²) in [6.07, 6.45) is 1.53. The fraction of sp³-hybridized carbons (Fsp3) is 0.409. The number of ketones is 1. The predicted octanol–water partition coefficient (Wildman–Crippen LogP) is -0.00600. The summed E-state index contributed by atoms with van der Waals surface area (Å²) >= 11 is 0. The number of amides is 4. The molecule has 10 nitrogen and oxygen atoms in total. The molecule has 3 saturated heterocycles. The van der Waals surface area contributed by atoms with Crippen LogP contribution in [0.4, 0.5) is 10.5 Å². The van der Waals surface area contributed by atoms with Crippen LogP contribution < -0.4 is 4.90 Å². The number of urea groups is 1. The molecule has 1 spiro atoms. The van der Waals surface area contributed by atoms with Gasteiger partial charge >= 0.3 is 12.0 Å². The predicted molar refractivity (Wildman–Crippen MR) is 109 cm³/mol. The van der Waals surface area contributed by atoms with E-state index >= 15 is 0 Å². The number of nitrogens with zero attached hydrogens (tertiary/aromatic N) is 3. The van der Waals surface area contributed by atoms with Crippen LogP contribution in [0.1, 0.15) is 11.1 Å². The van der Waals surface area contributed by atoms with Crippen LogP contribution in [0.5, 0.6) is 0 Å². The first-order chi connectivity index (χ1) is 15.3. The van der Waals surface area contributed by atoms with Crippen LogP contribution in [0.2, 0.25) is 0 Å². The van der Waals surface area contributed by atoms with Crippen molar-refractivity contribution < 1.29 is 33.4 Å². The van der Waals surface area contributed by atoms with Gasteiger partial charge in [0.2, 0.25) is 17.6 Å². The minimum absolute atomic E-state index is 0.0328. The van der Waals surface area contributed by atoms with E-state index in [0.29, 0.717) is 24.3 Å². The third-order valence-electron chi connectivity index (χ3n) is 6.69. The van der Waals surface area contributed by atoms with Crippen LogP contribution in [0.15, 0.2) is 23.8 Å². The summed E-state index contributed by atoms with van der Waals surface area (Å²) in [6, 6.07) is 4.18. The number of cyclic esters (lactones) is 1. The van der Waals surface area contributed by atoms with Crippen LogP contribution in [0.3, 0.4) is 0 Å². The van der Waals surface area contributed by atoms with Gasteiger partial charge in [-0.1, -0.05) is 6.07 Å². The molecule has 0 saturated carbocycles. The summed E-state index contributed by atoms with van der Waals surface area (Å²) in [7, 11) is 2.74. The van der Waals surface area contributed by atoms with E-state index in [9.17, 15) is 24.0 Å². The lowest BCUT2D eigenvalue weighted by molar-refractivity contribution is -0.161. The van der Waals surface area contributed by atoms with Crippen molar-refractivity contribution in [1.82, 2.24) is 9.80 Å². The largest absolute Gasteiger partial charge is 0.454 e. The Morgan fingerprint density at radius 2 is 1.78 bits per heavy atom. The number of hydrogen-bond donors (Lipinski definition) is 0. The molecule has 32 heavy (non-hydrogen) atoms. The Morgan fingerprint density at radius 3 is 2.44 bits per heavy atom. The number of anilines is 1. The highest BCUT2D eigenvalue weighted by atomic mass is 16.5. The molecule has 5 rings (SSSR count). The third kappa shape index (κ3) is 2.65. The molecule has 0 bridgehead atoms. The Labute approximate surface area is 183 Å². The van der Waals surface area contributed by atoms with Gasteiger partial charge < -0.3 is 14.4 Å². The third-order valence-corrected chi connectivity index (χ3v) is 6.69. The molecule has 4 amide bonds. The van der Waals surface area contributed by atoms with Gasteiger partial charge in [-0.2, -0.15) is 0 Å². The van der Waals surface area contributed by atoms with E-state index < -0.39 is 41.1 Å². The summed E-state index contributed by atoms with van der Waals surface area (Å²) in [4.78, 5) is 67.0. The van der Waals surface area contributed by atoms with Gasteiger partial charge in [0.15, 0.2) is 12.0 Å². The molecule has 1 aromatic rings. The van der Waals surface area contributed by atoms with Crippen molar-refractivity contribution in [2.24, 2.45) is 5.41 Å². The number of esters is 1. The molecule has 0 N–H and O–H groups in total. The number of imide groups is 2. The van der Waals surface area contributed by atoms with Crippen molar-refractivity contribution >= 4 is 41.4 Å². The second kappa shape index (κ2) is 6.99. The molecule has 1 atom stereocenters. The van der Waals surface area contributed by atoms with Gasteiger partial charge in [0.25, 0.3) is 0 Å². The molecule has 166 valence electrons. The Bertz CT molecular complexity index is 1080. The Balaban J connectivity index is 1.64. The van der Waals surface area contributed by atoms with E-state index in [2.05, 4.69) is 0 Å². The number of hydrogen-bond acceptors (Lipinski definition) is 8. The maximum absolute atomic E-state index is 13.4. The molecule has 0 radical (unpaired) electrons. The second-order valence-corrected chi connectivity index (χ2v) is 8.39. The molecular formula is C22H21N3O7. The zero-order valence-corrected chi connectivity index (χ0v) is 17.6. The van der Waals surface area contributed by atoms with Crippen molar-refractivity contribution in [3.05, 3.63) is 34.9 Å². The maximum atomic E-state index is 13.4. The average Bonchev–Trinajstić information content (AvgIpc) is 3.12. The van der Waals surface area contributed by atoms with Gasteiger partial charge in [-0.25, -0.2) is 9.59 Å². The smallest absolute Gasteiger partial charge is 0.342 e. The zero-order valence-electron chi connectivity index (χ0n) is 17.6. The van der Waals surface area contributed by atoms with Crippen molar-refractivity contribution in [2.45, 2.75) is 12.5 Å². The van der Waals surface area contributed by atoms with Gasteiger partial charge in [-0.3, -0.25) is 24.2 Å². The van der Waals surface area contributed by atoms with E-state index in [-0.39, 0.29) is 25.2 Å². The van der Waals surface area contributed by atoms with Gasteiger partial charge in [-0.15, -0.1) is 0 Å². The number of fused-ring (bicyclic) bond motifs is 4. The lowest BCUT2D eigenvalue weighted by Gasteiger charge is -2.54. The summed E-state index contributed by atoms with van der Waals surface area (Å²) in [5.41, 5.74) is 0.609. The van der Waals surface area contributed by atoms with Crippen LogP contribution in [0.25, 0.3) is 6.08 Å². The van der Waals surface area contributed by atoms with Gasteiger partial charge in [-0.05, 0) is 35.8 Å². The first-order valence-electron chi connectivity index (χ1n) is 10.3. The minimum atomic E-state index is -1.52. The lowest BCUT2D eigenvalue weighted by Crippen LogP contribution is -2.73. The Kier molecular flexibility index (Phi) is 4.45. The monoisotopic (exact) mass is 439 g/mol. The van der Waals surface area contributed by atoms with Crippen molar-refractivity contribution in [2.75, 3.05) is 45.4 Å². The van der Waals surface area contributed by atoms with Crippen molar-refractivity contribution in [3.8, 4) is 0 Å². The molecule has 1 aromatic carbocycles. The Morgan fingerprint density at radius 1 is 1.06 bits per heavy atom. The molecule has 0 aliphatic carbocycles. The second-order valence-electron chi connectivity index (χ2n) is 8.39. The summed E-state index contributed by atoms with van der Waals surface area (Å²) in [5.74, 6) is -2.18. The van der Waals surface area contributed by atoms with E-state index in [1.165, 1.54) is 20.2 Å². The topological polar surface area (TPSA) is 114 Å². The SMILES string of the molecule is CN1C(=O)N(C)C(=O)C2(Cc3cc(/C=C4/C(=O)COC4=O)ccc3N3CCOC[C@@H]32)C1=O.